The average Bonchev–Trinajstić information content (AvgIpc) is 2.82. The van der Waals surface area contributed by atoms with E-state index in [-0.39, 0.29) is 17.3 Å². The summed E-state index contributed by atoms with van der Waals surface area (Å²) in [4.78, 5) is 12.7. The van der Waals surface area contributed by atoms with Crippen molar-refractivity contribution in [1.82, 2.24) is 0 Å². The minimum Gasteiger partial charge on any atom is -0.454 e. The van der Waals surface area contributed by atoms with E-state index in [1.54, 1.807) is 24.3 Å². The maximum absolute atomic E-state index is 12.7. The molecule has 0 unspecified atom stereocenters. The molecule has 5 atom stereocenters. The Morgan fingerprint density at radius 3 is 2.50 bits per heavy atom. The van der Waals surface area contributed by atoms with Crippen molar-refractivity contribution in [3.63, 3.8) is 0 Å². The van der Waals surface area contributed by atoms with Gasteiger partial charge in [-0.2, -0.15) is 0 Å². The van der Waals surface area contributed by atoms with Crippen LogP contribution < -0.4 is 0 Å². The molecule has 1 saturated carbocycles. The molecule has 0 saturated heterocycles. The van der Waals surface area contributed by atoms with E-state index in [1.165, 1.54) is 0 Å². The first-order chi connectivity index (χ1) is 12.2. The minimum atomic E-state index is -0.919. The van der Waals surface area contributed by atoms with Crippen molar-refractivity contribution in [2.24, 2.45) is 17.3 Å². The molecule has 1 fully saturated rings. The summed E-state index contributed by atoms with van der Waals surface area (Å²) in [5, 5.41) is 22.0. The molecule has 4 nitrogen and oxygen atoms in total. The van der Waals surface area contributed by atoms with Gasteiger partial charge in [0.05, 0.1) is 17.3 Å². The van der Waals surface area contributed by atoms with Crippen LogP contribution in [0.1, 0.15) is 57.3 Å². The molecule has 3 rings (SSSR count). The number of fused-ring (bicyclic) bond motifs is 1. The number of esters is 1. The minimum absolute atomic E-state index is 0.0381. The molecule has 2 N–H and O–H groups in total. The lowest BCUT2D eigenvalue weighted by Crippen LogP contribution is -2.50. The van der Waals surface area contributed by atoms with Gasteiger partial charge in [-0.3, -0.25) is 0 Å². The first-order valence-corrected chi connectivity index (χ1v) is 9.52. The predicted octanol–water partition coefficient (Wildman–Crippen LogP) is 3.73. The highest BCUT2D eigenvalue weighted by molar-refractivity contribution is 5.89. The van der Waals surface area contributed by atoms with Crippen LogP contribution in [0.25, 0.3) is 0 Å². The highest BCUT2D eigenvalue weighted by Gasteiger charge is 2.60. The Labute approximate surface area is 155 Å². The fourth-order valence-electron chi connectivity index (χ4n) is 4.90. The number of rotatable bonds is 3. The van der Waals surface area contributed by atoms with E-state index in [1.807, 2.05) is 32.9 Å². The van der Waals surface area contributed by atoms with Gasteiger partial charge in [0.15, 0.2) is 0 Å². The monoisotopic (exact) mass is 358 g/mol. The summed E-state index contributed by atoms with van der Waals surface area (Å²) in [6.45, 7) is 8.00. The Morgan fingerprint density at radius 2 is 1.88 bits per heavy atom. The van der Waals surface area contributed by atoms with Crippen molar-refractivity contribution in [1.29, 1.82) is 0 Å². The summed E-state index contributed by atoms with van der Waals surface area (Å²) >= 11 is 0. The molecular weight excluding hydrogens is 328 g/mol. The van der Waals surface area contributed by atoms with Gasteiger partial charge in [0, 0.05) is 5.92 Å². The average molecular weight is 358 g/mol. The third-order valence-corrected chi connectivity index (χ3v) is 6.58. The van der Waals surface area contributed by atoms with Crippen LogP contribution in [-0.2, 0) is 4.74 Å². The van der Waals surface area contributed by atoms with E-state index in [2.05, 4.69) is 6.92 Å². The molecule has 0 amide bonds. The SMILES string of the molecule is CC1=C[C@H](OC(=O)c2ccccc2)[C@@H]2[C@](C)(CC[C@@]2(O)C(C)C)C[C@@H]1O. The van der Waals surface area contributed by atoms with Gasteiger partial charge in [0.2, 0.25) is 0 Å². The van der Waals surface area contributed by atoms with E-state index in [0.29, 0.717) is 18.4 Å². The quantitative estimate of drug-likeness (QED) is 0.638. The molecule has 1 aromatic rings. The van der Waals surface area contributed by atoms with Gasteiger partial charge in [-0.1, -0.05) is 39.0 Å². The second-order valence-corrected chi connectivity index (χ2v) is 8.64. The number of carbonyl (C=O) groups is 1. The highest BCUT2D eigenvalue weighted by atomic mass is 16.5. The van der Waals surface area contributed by atoms with Crippen molar-refractivity contribution >= 4 is 5.97 Å². The molecule has 2 aliphatic carbocycles. The third-order valence-electron chi connectivity index (χ3n) is 6.58. The molecular formula is C22H30O4. The second kappa shape index (κ2) is 6.82. The normalized spacial score (nSPS) is 37.0. The van der Waals surface area contributed by atoms with Gasteiger partial charge < -0.3 is 14.9 Å². The summed E-state index contributed by atoms with van der Waals surface area (Å²) in [6.07, 6.45) is 2.76. The van der Waals surface area contributed by atoms with E-state index >= 15 is 0 Å². The molecule has 0 spiro atoms. The smallest absolute Gasteiger partial charge is 0.338 e. The van der Waals surface area contributed by atoms with Crippen LogP contribution in [0.2, 0.25) is 0 Å². The molecule has 4 heteroatoms. The maximum Gasteiger partial charge on any atom is 0.338 e. The van der Waals surface area contributed by atoms with Gasteiger partial charge in [-0.15, -0.1) is 0 Å². The molecule has 0 radical (unpaired) electrons. The lowest BCUT2D eigenvalue weighted by molar-refractivity contribution is -0.104. The van der Waals surface area contributed by atoms with Crippen molar-refractivity contribution in [2.75, 3.05) is 0 Å². The molecule has 0 bridgehead atoms. The van der Waals surface area contributed by atoms with E-state index in [9.17, 15) is 15.0 Å². The summed E-state index contributed by atoms with van der Waals surface area (Å²) in [5.41, 5.74) is 0.0969. The van der Waals surface area contributed by atoms with E-state index in [4.69, 9.17) is 4.74 Å². The summed E-state index contributed by atoms with van der Waals surface area (Å²) in [5.74, 6) is -0.595. The van der Waals surface area contributed by atoms with Crippen molar-refractivity contribution in [3.05, 3.63) is 47.5 Å². The zero-order valence-corrected chi connectivity index (χ0v) is 16.1. The van der Waals surface area contributed by atoms with Crippen LogP contribution in [0.5, 0.6) is 0 Å². The van der Waals surface area contributed by atoms with Crippen LogP contribution in [0.3, 0.4) is 0 Å². The van der Waals surface area contributed by atoms with Gasteiger partial charge in [-0.25, -0.2) is 4.79 Å². The van der Waals surface area contributed by atoms with Crippen LogP contribution in [0.15, 0.2) is 42.0 Å². The fraction of sp³-hybridized carbons (Fsp3) is 0.591. The lowest BCUT2D eigenvalue weighted by atomic mass is 9.67. The van der Waals surface area contributed by atoms with Crippen molar-refractivity contribution < 1.29 is 19.7 Å². The number of carbonyl (C=O) groups excluding carboxylic acids is 1. The number of aliphatic hydroxyl groups is 2. The zero-order valence-electron chi connectivity index (χ0n) is 16.1. The van der Waals surface area contributed by atoms with E-state index < -0.39 is 23.8 Å². The van der Waals surface area contributed by atoms with Crippen LogP contribution in [0, 0.1) is 17.3 Å². The fourth-order valence-corrected chi connectivity index (χ4v) is 4.90. The molecule has 0 aromatic heterocycles. The number of ether oxygens (including phenoxy) is 1. The Morgan fingerprint density at radius 1 is 1.23 bits per heavy atom. The molecule has 26 heavy (non-hydrogen) atoms. The standard InChI is InChI=1S/C22H30O4/c1-14(2)22(25)11-10-21(4)13-17(23)15(3)12-18(19(21)22)26-20(24)16-8-6-5-7-9-16/h5-9,12,14,17-19,23,25H,10-11,13H2,1-4H3/t17-,18-,19+,21+,22+/m0/s1. The van der Waals surface area contributed by atoms with Gasteiger partial charge >= 0.3 is 5.97 Å². The van der Waals surface area contributed by atoms with Gasteiger partial charge in [-0.05, 0) is 61.3 Å². The summed E-state index contributed by atoms with van der Waals surface area (Å²) in [6, 6.07) is 8.92. The Hall–Kier alpha value is -1.65. The molecule has 0 heterocycles. The van der Waals surface area contributed by atoms with Crippen LogP contribution in [-0.4, -0.2) is 34.0 Å². The lowest BCUT2D eigenvalue weighted by Gasteiger charge is -2.43. The van der Waals surface area contributed by atoms with Crippen LogP contribution >= 0.6 is 0 Å². The van der Waals surface area contributed by atoms with Crippen molar-refractivity contribution in [3.8, 4) is 0 Å². The zero-order chi connectivity index (χ0) is 19.1. The number of hydrogen-bond acceptors (Lipinski definition) is 4. The third kappa shape index (κ3) is 3.21. The maximum atomic E-state index is 12.7. The molecule has 0 aliphatic heterocycles. The van der Waals surface area contributed by atoms with Crippen molar-refractivity contribution in [2.45, 2.75) is 64.8 Å². The first kappa shape index (κ1) is 19.1. The molecule has 1 aromatic carbocycles. The Balaban J connectivity index is 1.99. The Bertz CT molecular complexity index is 695. The first-order valence-electron chi connectivity index (χ1n) is 9.52. The second-order valence-electron chi connectivity index (χ2n) is 8.64. The topological polar surface area (TPSA) is 66.8 Å². The Kier molecular flexibility index (Phi) is 5.02. The summed E-state index contributed by atoms with van der Waals surface area (Å²) in [7, 11) is 0. The van der Waals surface area contributed by atoms with Gasteiger partial charge in [0.25, 0.3) is 0 Å². The number of hydrogen-bond donors (Lipinski definition) is 2. The highest BCUT2D eigenvalue weighted by Crippen LogP contribution is 2.58. The van der Waals surface area contributed by atoms with E-state index in [0.717, 1.165) is 12.0 Å². The largest absolute Gasteiger partial charge is 0.454 e. The molecule has 2 aliphatic rings. The number of aliphatic hydroxyl groups excluding tert-OH is 1. The summed E-state index contributed by atoms with van der Waals surface area (Å²) < 4.78 is 5.91. The number of benzene rings is 1. The predicted molar refractivity (Wildman–Crippen MR) is 101 cm³/mol. The molecule has 142 valence electrons. The van der Waals surface area contributed by atoms with Gasteiger partial charge in [0.1, 0.15) is 6.10 Å². The van der Waals surface area contributed by atoms with Crippen LogP contribution in [0.4, 0.5) is 0 Å².